The molecular weight excluding hydrogens is 250 g/mol. The summed E-state index contributed by atoms with van der Waals surface area (Å²) in [5, 5.41) is 9.22. The second-order valence-corrected chi connectivity index (χ2v) is 7.19. The number of aliphatic hydroxyl groups is 1. The molecule has 1 fully saturated rings. The van der Waals surface area contributed by atoms with Crippen molar-refractivity contribution in [1.82, 2.24) is 4.31 Å². The molecule has 0 bridgehead atoms. The maximum atomic E-state index is 12.5. The summed E-state index contributed by atoms with van der Waals surface area (Å²) >= 11 is 0. The molecule has 0 aromatic heterocycles. The number of sulfonamides is 1. The van der Waals surface area contributed by atoms with Gasteiger partial charge < -0.3 is 5.11 Å². The molecule has 18 heavy (non-hydrogen) atoms. The van der Waals surface area contributed by atoms with Crippen LogP contribution in [0.5, 0.6) is 0 Å². The Morgan fingerprint density at radius 1 is 1.28 bits per heavy atom. The highest BCUT2D eigenvalue weighted by molar-refractivity contribution is 7.89. The van der Waals surface area contributed by atoms with Crippen molar-refractivity contribution in [2.24, 2.45) is 0 Å². The molecular formula is C13H19NO3S. The van der Waals surface area contributed by atoms with Crippen LogP contribution in [0.2, 0.25) is 0 Å². The van der Waals surface area contributed by atoms with Crippen LogP contribution in [-0.4, -0.2) is 36.5 Å². The lowest BCUT2D eigenvalue weighted by molar-refractivity contribution is 0.245. The van der Waals surface area contributed by atoms with Gasteiger partial charge in [0.1, 0.15) is 0 Å². The lowest BCUT2D eigenvalue weighted by atomic mass is 10.1. The van der Waals surface area contributed by atoms with E-state index < -0.39 is 15.6 Å². The van der Waals surface area contributed by atoms with Crippen LogP contribution in [0.15, 0.2) is 17.0 Å². The largest absolute Gasteiger partial charge is 0.394 e. The molecule has 1 aliphatic heterocycles. The number of rotatable bonds is 3. The van der Waals surface area contributed by atoms with Crippen LogP contribution in [0.4, 0.5) is 0 Å². The van der Waals surface area contributed by atoms with Gasteiger partial charge in [0.05, 0.1) is 17.0 Å². The second-order valence-electron chi connectivity index (χ2n) is 5.39. The van der Waals surface area contributed by atoms with Crippen molar-refractivity contribution >= 4 is 10.0 Å². The van der Waals surface area contributed by atoms with Gasteiger partial charge in [0.2, 0.25) is 10.0 Å². The van der Waals surface area contributed by atoms with E-state index in [-0.39, 0.29) is 6.61 Å². The van der Waals surface area contributed by atoms with Crippen LogP contribution in [0.1, 0.15) is 23.6 Å². The summed E-state index contributed by atoms with van der Waals surface area (Å²) < 4.78 is 26.4. The minimum Gasteiger partial charge on any atom is -0.394 e. The topological polar surface area (TPSA) is 57.4 Å². The Morgan fingerprint density at radius 2 is 1.78 bits per heavy atom. The van der Waals surface area contributed by atoms with Gasteiger partial charge in [-0.25, -0.2) is 8.42 Å². The molecule has 2 atom stereocenters. The van der Waals surface area contributed by atoms with Gasteiger partial charge in [-0.05, 0) is 38.8 Å². The molecule has 1 aliphatic rings. The molecule has 1 aromatic carbocycles. The average Bonchev–Trinajstić information content (AvgIpc) is 2.90. The van der Waals surface area contributed by atoms with Crippen molar-refractivity contribution in [3.63, 3.8) is 0 Å². The molecule has 2 rings (SSSR count). The van der Waals surface area contributed by atoms with Gasteiger partial charge in [-0.15, -0.1) is 0 Å². The zero-order valence-corrected chi connectivity index (χ0v) is 12.0. The molecule has 0 saturated carbocycles. The fourth-order valence-corrected chi connectivity index (χ4v) is 4.70. The zero-order valence-electron chi connectivity index (χ0n) is 11.2. The van der Waals surface area contributed by atoms with E-state index >= 15 is 0 Å². The maximum absolute atomic E-state index is 12.5. The smallest absolute Gasteiger partial charge is 0.244 e. The Bertz CT molecular complexity index is 571. The van der Waals surface area contributed by atoms with Gasteiger partial charge >= 0.3 is 0 Å². The minimum absolute atomic E-state index is 0.143. The van der Waals surface area contributed by atoms with Crippen LogP contribution < -0.4 is 0 Å². The third kappa shape index (κ3) is 1.96. The highest BCUT2D eigenvalue weighted by Crippen LogP contribution is 2.39. The predicted molar refractivity (Wildman–Crippen MR) is 70.0 cm³/mol. The van der Waals surface area contributed by atoms with Crippen LogP contribution in [0.25, 0.3) is 0 Å². The maximum Gasteiger partial charge on any atom is 0.244 e. The molecule has 5 heteroatoms. The lowest BCUT2D eigenvalue weighted by Gasteiger charge is -2.15. The molecule has 4 nitrogen and oxygen atoms in total. The van der Waals surface area contributed by atoms with Crippen LogP contribution in [-0.2, 0) is 10.0 Å². The van der Waals surface area contributed by atoms with E-state index in [1.165, 1.54) is 4.31 Å². The number of nitrogens with zero attached hydrogens (tertiary/aromatic N) is 1. The number of hydrogen-bond donors (Lipinski definition) is 1. The van der Waals surface area contributed by atoms with Gasteiger partial charge in [0.25, 0.3) is 0 Å². The SMILES string of the molecule is Cc1cc(C)c(S(=O)(=O)N2CC2(C)CO)c(C)c1. The zero-order chi connectivity index (χ0) is 13.7. The molecule has 0 amide bonds. The molecule has 1 heterocycles. The van der Waals surface area contributed by atoms with Gasteiger partial charge in [0, 0.05) is 6.54 Å². The molecule has 2 unspecified atom stereocenters. The lowest BCUT2D eigenvalue weighted by Crippen LogP contribution is -2.25. The van der Waals surface area contributed by atoms with Crippen LogP contribution in [0, 0.1) is 20.8 Å². The standard InChI is InChI=1S/C13H19NO3S/c1-9-5-10(2)12(11(3)6-9)18(16,17)14-7-13(14,4)8-15/h5-6,15H,7-8H2,1-4H3. The monoisotopic (exact) mass is 269 g/mol. The molecule has 1 aromatic rings. The predicted octanol–water partition coefficient (Wildman–Crippen LogP) is 1.37. The number of hydrogen-bond acceptors (Lipinski definition) is 3. The first-order valence-electron chi connectivity index (χ1n) is 5.94. The number of benzene rings is 1. The van der Waals surface area contributed by atoms with E-state index in [2.05, 4.69) is 0 Å². The first kappa shape index (κ1) is 13.5. The fourth-order valence-electron chi connectivity index (χ4n) is 2.46. The normalized spacial score (nSPS) is 27.3. The van der Waals surface area contributed by atoms with Crippen molar-refractivity contribution in [3.8, 4) is 0 Å². The Labute approximate surface area is 108 Å². The van der Waals surface area contributed by atoms with Gasteiger partial charge in [-0.3, -0.25) is 0 Å². The average molecular weight is 269 g/mol. The Morgan fingerprint density at radius 3 is 2.17 bits per heavy atom. The van der Waals surface area contributed by atoms with E-state index in [0.29, 0.717) is 11.4 Å². The van der Waals surface area contributed by atoms with Gasteiger partial charge in [0.15, 0.2) is 0 Å². The summed E-state index contributed by atoms with van der Waals surface area (Å²) in [5.74, 6) is 0. The summed E-state index contributed by atoms with van der Waals surface area (Å²) in [6.45, 7) is 7.57. The molecule has 0 spiro atoms. The Balaban J connectivity index is 2.51. The summed E-state index contributed by atoms with van der Waals surface area (Å²) in [7, 11) is -3.49. The molecule has 100 valence electrons. The Hall–Kier alpha value is -0.910. The van der Waals surface area contributed by atoms with Crippen molar-refractivity contribution in [2.45, 2.75) is 38.1 Å². The number of aryl methyl sites for hydroxylation is 3. The molecule has 0 radical (unpaired) electrons. The summed E-state index contributed by atoms with van der Waals surface area (Å²) in [6, 6.07) is 3.75. The van der Waals surface area contributed by atoms with E-state index in [4.69, 9.17) is 0 Å². The van der Waals surface area contributed by atoms with E-state index in [1.54, 1.807) is 6.92 Å². The highest BCUT2D eigenvalue weighted by atomic mass is 32.2. The molecule has 1 saturated heterocycles. The van der Waals surface area contributed by atoms with Crippen molar-refractivity contribution in [1.29, 1.82) is 0 Å². The number of aliphatic hydroxyl groups excluding tert-OH is 1. The van der Waals surface area contributed by atoms with Crippen LogP contribution >= 0.6 is 0 Å². The quantitative estimate of drug-likeness (QED) is 0.843. The molecule has 0 aliphatic carbocycles. The summed E-state index contributed by atoms with van der Waals surface area (Å²) in [5.41, 5.74) is 1.96. The minimum atomic E-state index is -3.49. The first-order chi connectivity index (χ1) is 8.22. The molecule has 1 N–H and O–H groups in total. The summed E-state index contributed by atoms with van der Waals surface area (Å²) in [4.78, 5) is 0.380. The van der Waals surface area contributed by atoms with Crippen molar-refractivity contribution in [2.75, 3.05) is 13.2 Å². The summed E-state index contributed by atoms with van der Waals surface area (Å²) in [6.07, 6.45) is 0. The third-order valence-electron chi connectivity index (χ3n) is 3.48. The van der Waals surface area contributed by atoms with E-state index in [9.17, 15) is 13.5 Å². The third-order valence-corrected chi connectivity index (χ3v) is 5.79. The van der Waals surface area contributed by atoms with Gasteiger partial charge in [-0.2, -0.15) is 4.31 Å². The van der Waals surface area contributed by atoms with E-state index in [0.717, 1.165) is 16.7 Å². The van der Waals surface area contributed by atoms with Gasteiger partial charge in [-0.1, -0.05) is 17.7 Å². The second kappa shape index (κ2) is 4.05. The van der Waals surface area contributed by atoms with Crippen molar-refractivity contribution in [3.05, 3.63) is 28.8 Å². The van der Waals surface area contributed by atoms with Crippen LogP contribution in [0.3, 0.4) is 0 Å². The fraction of sp³-hybridized carbons (Fsp3) is 0.538. The first-order valence-corrected chi connectivity index (χ1v) is 7.38. The highest BCUT2D eigenvalue weighted by Gasteiger charge is 2.55. The van der Waals surface area contributed by atoms with Crippen molar-refractivity contribution < 1.29 is 13.5 Å². The van der Waals surface area contributed by atoms with E-state index in [1.807, 2.05) is 32.9 Å². The Kier molecular flexibility index (Phi) is 3.04.